The molecule has 11 N–H and O–H groups in total. The number of carboxylic acid groups (broad SMARTS) is 2. The van der Waals surface area contributed by atoms with Crippen LogP contribution in [0.15, 0.2) is 238 Å². The molecule has 10 aromatic carbocycles. The Morgan fingerprint density at radius 1 is 0.326 bits per heavy atom. The van der Waals surface area contributed by atoms with Crippen LogP contribution in [0.4, 0.5) is 31.5 Å². The maximum atomic E-state index is 12.9. The molecule has 0 aliphatic carbocycles. The van der Waals surface area contributed by atoms with Crippen molar-refractivity contribution in [2.45, 2.75) is 84.2 Å². The van der Waals surface area contributed by atoms with Crippen LogP contribution in [0.25, 0.3) is 0 Å². The first-order valence-corrected chi connectivity index (χ1v) is 50.4. The fraction of sp³-hybridized carbons (Fsp3) is 0.305. The molecule has 0 heterocycles. The summed E-state index contributed by atoms with van der Waals surface area (Å²) in [7, 11) is -1.72. The Bertz CT molecular complexity index is 6010. The van der Waals surface area contributed by atoms with Crippen molar-refractivity contribution in [3.05, 3.63) is 263 Å². The van der Waals surface area contributed by atoms with E-state index in [1.807, 2.05) is 0 Å². The average Bonchev–Trinajstić information content (AvgIpc) is 0.829. The van der Waals surface area contributed by atoms with Gasteiger partial charge in [0, 0.05) is 55.4 Å². The Balaban J connectivity index is 0.000000272. The van der Waals surface area contributed by atoms with Crippen LogP contribution in [-0.2, 0) is 122 Å². The smallest absolute Gasteiger partial charge is 0.329 e. The number of anilines is 4. The largest absolute Gasteiger partial charge is 0.493 e. The highest BCUT2D eigenvalue weighted by Gasteiger charge is 2.22. The fourth-order valence-electron chi connectivity index (χ4n) is 11.9. The number of benzene rings is 10. The summed E-state index contributed by atoms with van der Waals surface area (Å²) >= 11 is 2.66. The van der Waals surface area contributed by atoms with Gasteiger partial charge >= 0.3 is 17.9 Å². The van der Waals surface area contributed by atoms with Gasteiger partial charge in [0.25, 0.3) is 40.1 Å². The van der Waals surface area contributed by atoms with Gasteiger partial charge in [-0.15, -0.1) is 0 Å². The van der Waals surface area contributed by atoms with E-state index in [0.29, 0.717) is 145 Å². The van der Waals surface area contributed by atoms with E-state index >= 15 is 0 Å². The standard InChI is InChI=1S/C25H27FN2O6S.C23H30N2O7S2.C22H28N2O7S2.C16H20N2O4S.C9H9FO3/c1-32-23-12-9-21(15-24(23)33-2)28-35(30,31)22-10-5-18(6-11-22)13-14-27-25(29)17-34-16-19-3-7-20(26)8-4-19;1-30-20-11-8-18(15-21(20)31-2)25-34(28,29)19-9-6-17(7-10-19)5-4-13-24-22(26)16-33-14-12-23(27)32-3;1-30-19-10-7-17(14-20(19)31-2)24-33(28,29)18-8-5-16(6-9-18)4-3-12-23-21(25)15-32-13-11-22(26)27;1-21-15-8-5-13(11-16(15)22-2)18-23(19,20)14-6-3-12(4-7-14)9-10-17;10-8-3-1-7(2-4-8)5-13-6-9(11)12/h3-12,15,28H,13-14,16-17H2,1-2H3,(H,27,29);6-11,15,25H,4-5,12-14,16H2,1-3H3,(H,24,26);5-10,14,24H,3-4,11-13,15H2,1-2H3,(H,23,25)(H,26,27);3-8,11,18H,9-10,17H2,1-2H3;1-4H,5-6H2,(H,11,12). The first-order chi connectivity index (χ1) is 66.0. The molecular weight excluding hydrogens is 1920 g/mol. The van der Waals surface area contributed by atoms with Gasteiger partial charge in [-0.25, -0.2) is 47.2 Å². The van der Waals surface area contributed by atoms with Crippen molar-refractivity contribution in [2.75, 3.05) is 145 Å². The zero-order valence-corrected chi connectivity index (χ0v) is 82.2. The van der Waals surface area contributed by atoms with E-state index in [1.165, 1.54) is 142 Å². The lowest BCUT2D eigenvalue weighted by atomic mass is 10.1. The molecular formula is C95H114F2N8O27S6. The van der Waals surface area contributed by atoms with Crippen LogP contribution >= 0.6 is 23.5 Å². The highest BCUT2D eigenvalue weighted by molar-refractivity contribution is 8.00. The molecule has 0 radical (unpaired) electrons. The highest BCUT2D eigenvalue weighted by Crippen LogP contribution is 2.35. The first-order valence-electron chi connectivity index (χ1n) is 42.2. The summed E-state index contributed by atoms with van der Waals surface area (Å²) in [5.41, 5.74) is 12.2. The van der Waals surface area contributed by atoms with Crippen LogP contribution in [0.2, 0.25) is 0 Å². The summed E-state index contributed by atoms with van der Waals surface area (Å²) in [4.78, 5) is 67.5. The Hall–Kier alpha value is -13.1. The van der Waals surface area contributed by atoms with Gasteiger partial charge in [0.1, 0.15) is 24.8 Å². The molecule has 0 spiro atoms. The number of hydrogen-bond acceptors (Lipinski definition) is 28. The number of nitrogens with one attached hydrogen (secondary N) is 7. The van der Waals surface area contributed by atoms with Crippen molar-refractivity contribution < 1.29 is 134 Å². The number of aliphatic carboxylic acids is 2. The number of carbonyl (C=O) groups excluding carboxylic acids is 4. The maximum absolute atomic E-state index is 12.9. The average molecular weight is 2030 g/mol. The van der Waals surface area contributed by atoms with Gasteiger partial charge in [-0.2, -0.15) is 23.5 Å². The van der Waals surface area contributed by atoms with Crippen LogP contribution in [0.1, 0.15) is 59.1 Å². The van der Waals surface area contributed by atoms with Crippen LogP contribution in [0.5, 0.6) is 46.0 Å². The number of thioether (sulfide) groups is 2. The zero-order valence-electron chi connectivity index (χ0n) is 77.3. The molecule has 0 fully saturated rings. The number of halogens is 2. The number of carbonyl (C=O) groups is 6. The molecule has 746 valence electrons. The number of nitrogens with two attached hydrogens (primary N) is 1. The monoisotopic (exact) mass is 2030 g/mol. The van der Waals surface area contributed by atoms with Crippen LogP contribution < -0.4 is 78.5 Å². The highest BCUT2D eigenvalue weighted by atomic mass is 32.2. The van der Waals surface area contributed by atoms with Crippen LogP contribution in [0.3, 0.4) is 0 Å². The molecule has 35 nitrogen and oxygen atoms in total. The van der Waals surface area contributed by atoms with E-state index in [-0.39, 0.29) is 106 Å². The van der Waals surface area contributed by atoms with Crippen molar-refractivity contribution in [1.82, 2.24) is 16.0 Å². The molecule has 0 unspecified atom stereocenters. The molecule has 0 bridgehead atoms. The zero-order chi connectivity index (χ0) is 101. The minimum Gasteiger partial charge on any atom is -0.493 e. The molecule has 0 saturated heterocycles. The number of esters is 1. The van der Waals surface area contributed by atoms with E-state index < -0.39 is 52.0 Å². The minimum atomic E-state index is -3.80. The molecule has 138 heavy (non-hydrogen) atoms. The molecule has 0 atom stereocenters. The number of amides is 3. The van der Waals surface area contributed by atoms with E-state index in [4.69, 9.17) is 63.3 Å². The quantitative estimate of drug-likeness (QED) is 0.0125. The molecule has 0 saturated carbocycles. The Morgan fingerprint density at radius 2 is 0.609 bits per heavy atom. The van der Waals surface area contributed by atoms with Gasteiger partial charge in [0.2, 0.25) is 17.7 Å². The molecule has 10 aromatic rings. The maximum Gasteiger partial charge on any atom is 0.329 e. The predicted octanol–water partition coefficient (Wildman–Crippen LogP) is 12.6. The summed E-state index contributed by atoms with van der Waals surface area (Å²) in [6, 6.07) is 56.9. The normalized spacial score (nSPS) is 10.9. The number of rotatable bonds is 51. The van der Waals surface area contributed by atoms with Crippen molar-refractivity contribution in [3.63, 3.8) is 0 Å². The lowest BCUT2D eigenvalue weighted by Gasteiger charge is -2.12. The minimum absolute atomic E-state index is 0.0352. The summed E-state index contributed by atoms with van der Waals surface area (Å²) < 4.78 is 193. The summed E-state index contributed by atoms with van der Waals surface area (Å²) in [5.74, 6) is 1.86. The predicted molar refractivity (Wildman–Crippen MR) is 523 cm³/mol. The number of methoxy groups -OCH3 is 9. The van der Waals surface area contributed by atoms with Crippen molar-refractivity contribution >= 4 is 122 Å². The van der Waals surface area contributed by atoms with Crippen molar-refractivity contribution in [1.29, 1.82) is 0 Å². The van der Waals surface area contributed by atoms with E-state index in [2.05, 4.69) is 39.6 Å². The summed E-state index contributed by atoms with van der Waals surface area (Å²) in [6.07, 6.45) is 4.33. The van der Waals surface area contributed by atoms with E-state index in [0.717, 1.165) is 33.4 Å². The van der Waals surface area contributed by atoms with Gasteiger partial charge < -0.3 is 84.0 Å². The topological polar surface area (TPSA) is 491 Å². The van der Waals surface area contributed by atoms with E-state index in [9.17, 15) is 71.2 Å². The lowest BCUT2D eigenvalue weighted by Crippen LogP contribution is -2.29. The Morgan fingerprint density at radius 3 is 0.899 bits per heavy atom. The number of aryl methyl sites for hydroxylation is 2. The molecule has 0 aliphatic rings. The number of sulfonamides is 4. The van der Waals surface area contributed by atoms with Crippen LogP contribution in [0, 0.1) is 11.6 Å². The van der Waals surface area contributed by atoms with Gasteiger partial charge in [-0.05, 0) is 200 Å². The first kappa shape index (κ1) is 114. The molecule has 0 aromatic heterocycles. The van der Waals surface area contributed by atoms with Gasteiger partial charge in [-0.1, -0.05) is 72.8 Å². The SMILES string of the molecule is COC(=O)CCSCC(=O)NCCCc1ccc(S(=O)(=O)Nc2ccc(OC)c(OC)c2)cc1.COc1ccc(NS(=O)(=O)c2ccc(CCCNC(=O)CSCCC(=O)O)cc2)cc1OC.COc1ccc(NS(=O)(=O)c2ccc(CCN)cc2)cc1OC.COc1ccc(NS(=O)(=O)c2ccc(CCNC(=O)COCc3ccc(F)cc3)cc2)cc1OC.O=C(O)COCc1ccc(F)cc1. The molecule has 0 aliphatic heterocycles. The molecule has 3 amide bonds. The Labute approximate surface area is 810 Å². The number of carboxylic acids is 2. The Kier molecular flexibility index (Phi) is 49.2. The van der Waals surface area contributed by atoms with E-state index in [1.54, 1.807) is 164 Å². The van der Waals surface area contributed by atoms with Gasteiger partial charge in [-0.3, -0.25) is 42.9 Å². The number of ether oxygens (including phenoxy) is 11. The summed E-state index contributed by atoms with van der Waals surface area (Å²) in [6.45, 7) is 1.84. The second-order valence-corrected chi connectivity index (χ2v) is 38.0. The summed E-state index contributed by atoms with van der Waals surface area (Å²) in [5, 5.41) is 25.2. The molecule has 43 heteroatoms. The lowest BCUT2D eigenvalue weighted by molar-refractivity contribution is -0.143. The second-order valence-electron chi connectivity index (χ2n) is 29.0. The molecule has 10 rings (SSSR count). The van der Waals surface area contributed by atoms with Crippen molar-refractivity contribution in [2.24, 2.45) is 5.73 Å². The van der Waals surface area contributed by atoms with Crippen LogP contribution in [-0.4, -0.2) is 206 Å². The van der Waals surface area contributed by atoms with Gasteiger partial charge in [0.15, 0.2) is 46.0 Å². The third-order valence-electron chi connectivity index (χ3n) is 19.0. The van der Waals surface area contributed by atoms with Crippen molar-refractivity contribution in [3.8, 4) is 46.0 Å². The number of hydrogen-bond donors (Lipinski definition) is 10. The third kappa shape index (κ3) is 41.4. The second kappa shape index (κ2) is 59.8. The fourth-order valence-corrected chi connectivity index (χ4v) is 17.6. The third-order valence-corrected chi connectivity index (χ3v) is 26.5. The van der Waals surface area contributed by atoms with Gasteiger partial charge in [0.05, 0.1) is 144 Å².